The van der Waals surface area contributed by atoms with E-state index in [-0.39, 0.29) is 24.2 Å². The molecule has 0 fully saturated rings. The number of alkyl halides is 3. The molecule has 3 rings (SSSR count). The Morgan fingerprint density at radius 1 is 0.967 bits per heavy atom. The highest BCUT2D eigenvalue weighted by Crippen LogP contribution is 2.30. The topological polar surface area (TPSA) is 64.1 Å². The Kier molecular flexibility index (Phi) is 6.05. The molecule has 0 spiro atoms. The molecule has 1 heterocycles. The zero-order valence-corrected chi connectivity index (χ0v) is 16.7. The molecule has 0 bridgehead atoms. The molecule has 0 unspecified atom stereocenters. The van der Waals surface area contributed by atoms with Crippen LogP contribution in [0.4, 0.5) is 18.9 Å². The van der Waals surface area contributed by atoms with Gasteiger partial charge in [0, 0.05) is 23.0 Å². The van der Waals surface area contributed by atoms with Crippen LogP contribution in [0.5, 0.6) is 5.88 Å². The van der Waals surface area contributed by atoms with Crippen molar-refractivity contribution < 1.29 is 22.7 Å². The van der Waals surface area contributed by atoms with Crippen LogP contribution in [0.15, 0.2) is 48.5 Å². The van der Waals surface area contributed by atoms with Gasteiger partial charge < -0.3 is 10.1 Å². The predicted octanol–water partition coefficient (Wildman–Crippen LogP) is 5.11. The molecule has 2 aromatic carbocycles. The summed E-state index contributed by atoms with van der Waals surface area (Å²) in [6, 6.07) is 11.8. The fourth-order valence-electron chi connectivity index (χ4n) is 2.93. The second-order valence-electron chi connectivity index (χ2n) is 6.96. The average Bonchev–Trinajstić information content (AvgIpc) is 2.64. The van der Waals surface area contributed by atoms with Gasteiger partial charge in [-0.2, -0.15) is 18.2 Å². The first-order valence-electron chi connectivity index (χ1n) is 9.14. The van der Waals surface area contributed by atoms with Crippen LogP contribution in [0.1, 0.15) is 22.4 Å². The Morgan fingerprint density at radius 2 is 1.60 bits per heavy atom. The van der Waals surface area contributed by atoms with Crippen molar-refractivity contribution in [2.24, 2.45) is 0 Å². The lowest BCUT2D eigenvalue weighted by Crippen LogP contribution is -2.20. The molecule has 0 radical (unpaired) electrons. The molecule has 0 atom stereocenters. The summed E-state index contributed by atoms with van der Waals surface area (Å²) in [5, 5.41) is 2.76. The molecule has 30 heavy (non-hydrogen) atoms. The summed E-state index contributed by atoms with van der Waals surface area (Å²) in [4.78, 5) is 20.6. The van der Waals surface area contributed by atoms with Gasteiger partial charge in [0.2, 0.25) is 5.88 Å². The van der Waals surface area contributed by atoms with Gasteiger partial charge in [-0.1, -0.05) is 18.2 Å². The third kappa shape index (κ3) is 5.56. The van der Waals surface area contributed by atoms with Gasteiger partial charge in [-0.25, -0.2) is 4.98 Å². The van der Waals surface area contributed by atoms with Crippen molar-refractivity contribution in [1.29, 1.82) is 0 Å². The molecule has 0 saturated carbocycles. The lowest BCUT2D eigenvalue weighted by Gasteiger charge is -2.10. The van der Waals surface area contributed by atoms with Crippen LogP contribution in [-0.2, 0) is 11.0 Å². The highest BCUT2D eigenvalue weighted by atomic mass is 19.4. The summed E-state index contributed by atoms with van der Waals surface area (Å²) < 4.78 is 43.7. The quantitative estimate of drug-likeness (QED) is 0.629. The van der Waals surface area contributed by atoms with Gasteiger partial charge in [-0.05, 0) is 56.2 Å². The van der Waals surface area contributed by atoms with Gasteiger partial charge in [0.15, 0.2) is 12.4 Å². The minimum Gasteiger partial charge on any atom is -0.467 e. The maximum atomic E-state index is 12.7. The van der Waals surface area contributed by atoms with Crippen LogP contribution in [0.2, 0.25) is 0 Å². The van der Waals surface area contributed by atoms with E-state index in [2.05, 4.69) is 15.3 Å². The summed E-state index contributed by atoms with van der Waals surface area (Å²) in [7, 11) is 0. The molecule has 8 heteroatoms. The highest BCUT2D eigenvalue weighted by Gasteiger charge is 2.30. The minimum absolute atomic E-state index is 0.160. The first kappa shape index (κ1) is 21.3. The summed E-state index contributed by atoms with van der Waals surface area (Å²) in [5.41, 5.74) is 2.95. The van der Waals surface area contributed by atoms with E-state index in [0.717, 1.165) is 23.3 Å². The number of hydrogen-bond donors (Lipinski definition) is 1. The number of hydrogen-bond acceptors (Lipinski definition) is 4. The van der Waals surface area contributed by atoms with E-state index < -0.39 is 11.7 Å². The van der Waals surface area contributed by atoms with Gasteiger partial charge >= 0.3 is 6.18 Å². The molecule has 0 aliphatic heterocycles. The first-order valence-corrected chi connectivity index (χ1v) is 9.14. The number of aryl methyl sites for hydroxylation is 3. The zero-order chi connectivity index (χ0) is 21.9. The molecule has 0 saturated heterocycles. The Bertz CT molecular complexity index is 1040. The van der Waals surface area contributed by atoms with Crippen molar-refractivity contribution in [2.75, 3.05) is 11.9 Å². The van der Waals surface area contributed by atoms with Crippen LogP contribution >= 0.6 is 0 Å². The smallest absolute Gasteiger partial charge is 0.416 e. The number of amides is 1. The molecule has 1 N–H and O–H groups in total. The van der Waals surface area contributed by atoms with Crippen molar-refractivity contribution in [1.82, 2.24) is 9.97 Å². The fourth-order valence-corrected chi connectivity index (χ4v) is 2.93. The van der Waals surface area contributed by atoms with Crippen molar-refractivity contribution in [3.63, 3.8) is 0 Å². The minimum atomic E-state index is -4.41. The van der Waals surface area contributed by atoms with Gasteiger partial charge in [0.05, 0.1) is 5.56 Å². The number of aromatic nitrogens is 2. The standard InChI is InChI=1S/C22H20F3N3O2/c1-13-8-14(2)10-18(9-13)27-19(29)12-30-20-11-15(3)26-21(28-20)16-4-6-17(7-5-16)22(23,24)25/h4-11H,12H2,1-3H3,(H,27,29). The molecular formula is C22H20F3N3O2. The van der Waals surface area contributed by atoms with Gasteiger partial charge in [-0.3, -0.25) is 4.79 Å². The normalized spacial score (nSPS) is 11.3. The average molecular weight is 415 g/mol. The van der Waals surface area contributed by atoms with Crippen LogP contribution in [0.25, 0.3) is 11.4 Å². The summed E-state index contributed by atoms with van der Waals surface area (Å²) in [6.45, 7) is 5.31. The Balaban J connectivity index is 1.70. The van der Waals surface area contributed by atoms with Crippen molar-refractivity contribution in [3.05, 3.63) is 70.9 Å². The zero-order valence-electron chi connectivity index (χ0n) is 16.7. The number of ether oxygens (including phenoxy) is 1. The number of nitrogens with one attached hydrogen (secondary N) is 1. The summed E-state index contributed by atoms with van der Waals surface area (Å²) >= 11 is 0. The lowest BCUT2D eigenvalue weighted by atomic mass is 10.1. The molecule has 1 aromatic heterocycles. The second kappa shape index (κ2) is 8.52. The number of benzene rings is 2. The third-order valence-electron chi connectivity index (χ3n) is 4.16. The molecular weight excluding hydrogens is 395 g/mol. The number of carbonyl (C=O) groups is 1. The Hall–Kier alpha value is -3.42. The maximum absolute atomic E-state index is 12.7. The molecule has 0 aliphatic rings. The maximum Gasteiger partial charge on any atom is 0.416 e. The van der Waals surface area contributed by atoms with E-state index in [0.29, 0.717) is 16.9 Å². The van der Waals surface area contributed by atoms with Crippen LogP contribution in [0.3, 0.4) is 0 Å². The molecule has 1 amide bonds. The molecule has 5 nitrogen and oxygen atoms in total. The van der Waals surface area contributed by atoms with E-state index in [9.17, 15) is 18.0 Å². The van der Waals surface area contributed by atoms with E-state index in [1.807, 2.05) is 32.0 Å². The number of nitrogens with zero attached hydrogens (tertiary/aromatic N) is 2. The van der Waals surface area contributed by atoms with Gasteiger partial charge in [0.25, 0.3) is 5.91 Å². The second-order valence-corrected chi connectivity index (χ2v) is 6.96. The van der Waals surface area contributed by atoms with Crippen molar-refractivity contribution in [3.8, 4) is 17.3 Å². The predicted molar refractivity (Wildman–Crippen MR) is 107 cm³/mol. The van der Waals surface area contributed by atoms with Gasteiger partial charge in [-0.15, -0.1) is 0 Å². The van der Waals surface area contributed by atoms with Crippen LogP contribution in [-0.4, -0.2) is 22.5 Å². The van der Waals surface area contributed by atoms with E-state index in [1.54, 1.807) is 13.0 Å². The largest absolute Gasteiger partial charge is 0.467 e. The molecule has 0 aliphatic carbocycles. The monoisotopic (exact) mass is 415 g/mol. The van der Waals surface area contributed by atoms with Crippen molar-refractivity contribution in [2.45, 2.75) is 26.9 Å². The van der Waals surface area contributed by atoms with E-state index in [1.165, 1.54) is 12.1 Å². The molecule has 156 valence electrons. The SMILES string of the molecule is Cc1cc(C)cc(NC(=O)COc2cc(C)nc(-c3ccc(C(F)(F)F)cc3)n2)c1. The van der Waals surface area contributed by atoms with E-state index >= 15 is 0 Å². The Morgan fingerprint density at radius 3 is 2.20 bits per heavy atom. The number of rotatable bonds is 5. The van der Waals surface area contributed by atoms with Crippen LogP contribution in [0, 0.1) is 20.8 Å². The molecule has 3 aromatic rings. The lowest BCUT2D eigenvalue weighted by molar-refractivity contribution is -0.137. The number of anilines is 1. The van der Waals surface area contributed by atoms with Gasteiger partial charge in [0.1, 0.15) is 0 Å². The first-order chi connectivity index (χ1) is 14.1. The summed E-state index contributed by atoms with van der Waals surface area (Å²) in [6.07, 6.45) is -4.41. The third-order valence-corrected chi connectivity index (χ3v) is 4.16. The van der Waals surface area contributed by atoms with E-state index in [4.69, 9.17) is 4.74 Å². The van der Waals surface area contributed by atoms with Crippen molar-refractivity contribution >= 4 is 11.6 Å². The summed E-state index contributed by atoms with van der Waals surface area (Å²) in [5.74, 6) is 0.0220. The number of carbonyl (C=O) groups excluding carboxylic acids is 1. The number of halogens is 3. The highest BCUT2D eigenvalue weighted by molar-refractivity contribution is 5.92. The fraction of sp³-hybridized carbons (Fsp3) is 0.227. The van der Waals surface area contributed by atoms with Crippen LogP contribution < -0.4 is 10.1 Å². The Labute approximate surface area is 171 Å².